The van der Waals surface area contributed by atoms with Crippen molar-refractivity contribution in [2.45, 2.75) is 24.2 Å². The lowest BCUT2D eigenvalue weighted by Crippen LogP contribution is -2.52. The predicted octanol–water partition coefficient (Wildman–Crippen LogP) is 3.58. The van der Waals surface area contributed by atoms with Crippen molar-refractivity contribution in [1.82, 2.24) is 9.21 Å². The van der Waals surface area contributed by atoms with Crippen LogP contribution in [0, 0.1) is 11.2 Å². The van der Waals surface area contributed by atoms with E-state index in [4.69, 9.17) is 21.1 Å². The van der Waals surface area contributed by atoms with Crippen LogP contribution in [0.1, 0.15) is 19.3 Å². The van der Waals surface area contributed by atoms with Gasteiger partial charge in [-0.1, -0.05) is 23.7 Å². The number of halogens is 2. The highest BCUT2D eigenvalue weighted by Crippen LogP contribution is 2.38. The van der Waals surface area contributed by atoms with Crippen molar-refractivity contribution in [2.75, 3.05) is 46.0 Å². The molecule has 0 unspecified atom stereocenters. The van der Waals surface area contributed by atoms with Crippen LogP contribution < -0.4 is 4.74 Å². The molecule has 2 heterocycles. The maximum Gasteiger partial charge on any atom is 0.246 e. The van der Waals surface area contributed by atoms with Gasteiger partial charge in [-0.2, -0.15) is 4.31 Å². The maximum absolute atomic E-state index is 14.4. The van der Waals surface area contributed by atoms with Crippen LogP contribution in [0.25, 0.3) is 0 Å². The van der Waals surface area contributed by atoms with Crippen LogP contribution in [0.5, 0.6) is 5.75 Å². The van der Waals surface area contributed by atoms with Gasteiger partial charge in [-0.15, -0.1) is 0 Å². The predicted molar refractivity (Wildman–Crippen MR) is 126 cm³/mol. The summed E-state index contributed by atoms with van der Waals surface area (Å²) >= 11 is 5.96. The van der Waals surface area contributed by atoms with Crippen LogP contribution in [0.2, 0.25) is 5.02 Å². The highest BCUT2D eigenvalue weighted by atomic mass is 35.5. The molecular weight excluding hydrogens is 483 g/mol. The molecule has 2 saturated heterocycles. The molecule has 4 rings (SSSR count). The number of morpholine rings is 1. The second-order valence-electron chi connectivity index (χ2n) is 8.79. The molecular formula is C24H28ClFN2O5S. The molecule has 2 aliphatic heterocycles. The number of nitrogens with zero attached hydrogens (tertiary/aromatic N) is 2. The van der Waals surface area contributed by atoms with Gasteiger partial charge in [0.25, 0.3) is 0 Å². The number of benzene rings is 2. The third-order valence-corrected chi connectivity index (χ3v) is 8.46. The molecule has 2 fully saturated rings. The molecule has 0 spiro atoms. The van der Waals surface area contributed by atoms with Crippen molar-refractivity contribution < 1.29 is 27.1 Å². The number of piperidine rings is 1. The van der Waals surface area contributed by atoms with Crippen LogP contribution in [0.15, 0.2) is 53.4 Å². The van der Waals surface area contributed by atoms with Gasteiger partial charge in [0.05, 0.1) is 19.8 Å². The van der Waals surface area contributed by atoms with E-state index in [1.54, 1.807) is 29.2 Å². The van der Waals surface area contributed by atoms with Gasteiger partial charge >= 0.3 is 0 Å². The molecule has 1 amide bonds. The number of hydrogen-bond acceptors (Lipinski definition) is 5. The zero-order chi connectivity index (χ0) is 24.2. The second-order valence-corrected chi connectivity index (χ2v) is 11.1. The minimum absolute atomic E-state index is 0.0619. The summed E-state index contributed by atoms with van der Waals surface area (Å²) in [5.41, 5.74) is -0.758. The first kappa shape index (κ1) is 24.9. The molecule has 0 aromatic heterocycles. The Kier molecular flexibility index (Phi) is 7.77. The summed E-state index contributed by atoms with van der Waals surface area (Å²) < 4.78 is 53.7. The third kappa shape index (κ3) is 5.71. The maximum atomic E-state index is 14.4. The van der Waals surface area contributed by atoms with Crippen molar-refractivity contribution in [2.24, 2.45) is 5.41 Å². The Morgan fingerprint density at radius 3 is 2.50 bits per heavy atom. The van der Waals surface area contributed by atoms with Crippen LogP contribution in [0.3, 0.4) is 0 Å². The van der Waals surface area contributed by atoms with E-state index in [0.29, 0.717) is 49.9 Å². The molecule has 0 aliphatic carbocycles. The van der Waals surface area contributed by atoms with Crippen molar-refractivity contribution in [3.63, 3.8) is 0 Å². The fraction of sp³-hybridized carbons (Fsp3) is 0.458. The molecule has 7 nitrogen and oxygen atoms in total. The normalized spacial score (nSPS) is 21.9. The SMILES string of the molecule is O=C(C[C@@]1(COc2ccc(Cl)cc2)CCCN(S(=O)(=O)c2ccccc2F)C1)N1CCOCC1. The summed E-state index contributed by atoms with van der Waals surface area (Å²) in [6, 6.07) is 12.2. The van der Waals surface area contributed by atoms with Gasteiger partial charge in [0, 0.05) is 43.0 Å². The molecule has 0 saturated carbocycles. The number of hydrogen-bond donors (Lipinski definition) is 0. The first-order valence-corrected chi connectivity index (χ1v) is 13.1. The quantitative estimate of drug-likeness (QED) is 0.569. The Balaban J connectivity index is 1.58. The molecule has 34 heavy (non-hydrogen) atoms. The summed E-state index contributed by atoms with van der Waals surface area (Å²) in [6.07, 6.45) is 1.28. The van der Waals surface area contributed by atoms with Gasteiger partial charge in [0.2, 0.25) is 15.9 Å². The zero-order valence-corrected chi connectivity index (χ0v) is 20.4. The van der Waals surface area contributed by atoms with Gasteiger partial charge in [-0.25, -0.2) is 12.8 Å². The van der Waals surface area contributed by atoms with Crippen LogP contribution in [0.4, 0.5) is 4.39 Å². The Labute approximate surface area is 204 Å². The smallest absolute Gasteiger partial charge is 0.246 e. The molecule has 2 aromatic rings. The fourth-order valence-electron chi connectivity index (χ4n) is 4.49. The number of amides is 1. The lowest BCUT2D eigenvalue weighted by atomic mass is 9.78. The summed E-state index contributed by atoms with van der Waals surface area (Å²) in [6.45, 7) is 2.43. The van der Waals surface area contributed by atoms with Gasteiger partial charge < -0.3 is 14.4 Å². The minimum atomic E-state index is -4.07. The molecule has 0 radical (unpaired) electrons. The molecule has 2 aromatic carbocycles. The summed E-state index contributed by atoms with van der Waals surface area (Å²) in [7, 11) is -4.07. The highest BCUT2D eigenvalue weighted by Gasteiger charge is 2.43. The van der Waals surface area contributed by atoms with Gasteiger partial charge in [-0.3, -0.25) is 4.79 Å². The van der Waals surface area contributed by atoms with Crippen LogP contribution in [-0.4, -0.2) is 69.5 Å². The van der Waals surface area contributed by atoms with Crippen molar-refractivity contribution >= 4 is 27.5 Å². The number of ether oxygens (including phenoxy) is 2. The zero-order valence-electron chi connectivity index (χ0n) is 18.8. The summed E-state index contributed by atoms with van der Waals surface area (Å²) in [4.78, 5) is 14.6. The molecule has 0 N–H and O–H groups in total. The van der Waals surface area contributed by atoms with E-state index < -0.39 is 21.3 Å². The van der Waals surface area contributed by atoms with E-state index >= 15 is 0 Å². The number of carbonyl (C=O) groups excluding carboxylic acids is 1. The first-order chi connectivity index (χ1) is 16.3. The van der Waals surface area contributed by atoms with E-state index in [9.17, 15) is 17.6 Å². The van der Waals surface area contributed by atoms with Gasteiger partial charge in [0.1, 0.15) is 16.5 Å². The Bertz CT molecular complexity index is 1110. The molecule has 0 bridgehead atoms. The molecule has 184 valence electrons. The van der Waals surface area contributed by atoms with Crippen molar-refractivity contribution in [3.05, 3.63) is 59.4 Å². The van der Waals surface area contributed by atoms with Crippen molar-refractivity contribution in [1.29, 1.82) is 0 Å². The van der Waals surface area contributed by atoms with Crippen LogP contribution in [-0.2, 0) is 19.6 Å². The standard InChI is InChI=1S/C24H28ClFN2O5S/c25-19-6-8-20(9-7-19)33-18-24(16-23(29)27-12-14-32-15-13-27)10-3-11-28(17-24)34(30,31)22-5-2-1-4-21(22)26/h1-2,4-9H,3,10-18H2/t24-/m0/s1. The van der Waals surface area contributed by atoms with Crippen LogP contribution >= 0.6 is 11.6 Å². The van der Waals surface area contributed by atoms with E-state index in [1.165, 1.54) is 22.5 Å². The monoisotopic (exact) mass is 510 g/mol. The minimum Gasteiger partial charge on any atom is -0.493 e. The molecule has 1 atom stereocenters. The number of rotatable bonds is 7. The molecule has 10 heteroatoms. The second kappa shape index (κ2) is 10.6. The van der Waals surface area contributed by atoms with Crippen molar-refractivity contribution in [3.8, 4) is 5.75 Å². The summed E-state index contributed by atoms with van der Waals surface area (Å²) in [5.74, 6) is -0.273. The Morgan fingerprint density at radius 2 is 1.79 bits per heavy atom. The Hall–Kier alpha value is -2.20. The van der Waals surface area contributed by atoms with E-state index in [0.717, 1.165) is 6.07 Å². The van der Waals surface area contributed by atoms with E-state index in [2.05, 4.69) is 0 Å². The average Bonchev–Trinajstić information content (AvgIpc) is 2.84. The van der Waals surface area contributed by atoms with E-state index in [-0.39, 0.29) is 36.9 Å². The van der Waals surface area contributed by atoms with Gasteiger partial charge in [-0.05, 0) is 49.2 Å². The fourth-order valence-corrected chi connectivity index (χ4v) is 6.27. The third-order valence-electron chi connectivity index (χ3n) is 6.33. The lowest BCUT2D eigenvalue weighted by Gasteiger charge is -2.42. The number of sulfonamides is 1. The number of carbonyl (C=O) groups is 1. The largest absolute Gasteiger partial charge is 0.493 e. The average molecular weight is 511 g/mol. The Morgan fingerprint density at radius 1 is 1.09 bits per heavy atom. The van der Waals surface area contributed by atoms with Gasteiger partial charge in [0.15, 0.2) is 0 Å². The lowest BCUT2D eigenvalue weighted by molar-refractivity contribution is -0.139. The molecule has 2 aliphatic rings. The highest BCUT2D eigenvalue weighted by molar-refractivity contribution is 7.89. The van der Waals surface area contributed by atoms with E-state index in [1.807, 2.05) is 0 Å². The first-order valence-electron chi connectivity index (χ1n) is 11.3. The topological polar surface area (TPSA) is 76.2 Å². The summed E-state index contributed by atoms with van der Waals surface area (Å²) in [5, 5.41) is 0.574.